The summed E-state index contributed by atoms with van der Waals surface area (Å²) in [5, 5.41) is 0. The molecule has 1 aliphatic rings. The first-order chi connectivity index (χ1) is 6.02. The van der Waals surface area contributed by atoms with E-state index in [4.69, 9.17) is 0 Å². The Labute approximate surface area is 79.7 Å². The van der Waals surface area contributed by atoms with Gasteiger partial charge in [-0.05, 0) is 25.7 Å². The van der Waals surface area contributed by atoms with Crippen LogP contribution in [-0.2, 0) is 9.59 Å². The third-order valence-corrected chi connectivity index (χ3v) is 2.63. The predicted octanol–water partition coefficient (Wildman–Crippen LogP) is 2.22. The minimum absolute atomic E-state index is 0.0255. The summed E-state index contributed by atoms with van der Waals surface area (Å²) in [7, 11) is 0. The van der Waals surface area contributed by atoms with Gasteiger partial charge in [-0.1, -0.05) is 13.8 Å². The fourth-order valence-electron chi connectivity index (χ4n) is 1.74. The summed E-state index contributed by atoms with van der Waals surface area (Å²) in [6.45, 7) is 5.40. The molecule has 0 aliphatic heterocycles. The molecule has 0 amide bonds. The van der Waals surface area contributed by atoms with E-state index >= 15 is 0 Å². The minimum Gasteiger partial charge on any atom is -0.300 e. The summed E-state index contributed by atoms with van der Waals surface area (Å²) in [5.41, 5.74) is 0. The van der Waals surface area contributed by atoms with E-state index in [1.807, 2.05) is 13.8 Å². The molecule has 0 aromatic rings. The fraction of sp³-hybridized carbons (Fsp3) is 0.818. The van der Waals surface area contributed by atoms with E-state index in [0.717, 1.165) is 12.8 Å². The molecule has 0 aromatic carbocycles. The highest BCUT2D eigenvalue weighted by atomic mass is 16.1. The van der Waals surface area contributed by atoms with E-state index in [1.54, 1.807) is 6.92 Å². The monoisotopic (exact) mass is 182 g/mol. The minimum atomic E-state index is 0.0255. The molecule has 0 radical (unpaired) electrons. The summed E-state index contributed by atoms with van der Waals surface area (Å²) in [5.74, 6) is 1.03. The Morgan fingerprint density at radius 1 is 1.31 bits per heavy atom. The molecule has 2 heteroatoms. The standard InChI is InChI=1S/C11H18O2/c1-7(2)11(13)10(6-8(3)12)9-4-5-9/h7,9-10H,4-6H2,1-3H3. The lowest BCUT2D eigenvalue weighted by Gasteiger charge is -2.15. The van der Waals surface area contributed by atoms with Gasteiger partial charge in [0.15, 0.2) is 0 Å². The molecular formula is C11H18O2. The Bertz CT molecular complexity index is 214. The zero-order valence-electron chi connectivity index (χ0n) is 8.67. The van der Waals surface area contributed by atoms with Gasteiger partial charge in [0.1, 0.15) is 11.6 Å². The van der Waals surface area contributed by atoms with E-state index in [0.29, 0.717) is 12.3 Å². The highest BCUT2D eigenvalue weighted by molar-refractivity contribution is 5.88. The van der Waals surface area contributed by atoms with Crippen LogP contribution in [0.4, 0.5) is 0 Å². The SMILES string of the molecule is CC(=O)CC(C(=O)C(C)C)C1CC1. The topological polar surface area (TPSA) is 34.1 Å². The Kier molecular flexibility index (Phi) is 3.23. The summed E-state index contributed by atoms with van der Waals surface area (Å²) in [4.78, 5) is 22.7. The quantitative estimate of drug-likeness (QED) is 0.653. The molecule has 74 valence electrons. The maximum absolute atomic E-state index is 11.7. The Hall–Kier alpha value is -0.660. The molecule has 0 saturated heterocycles. The van der Waals surface area contributed by atoms with Gasteiger partial charge >= 0.3 is 0 Å². The van der Waals surface area contributed by atoms with E-state index in [1.165, 1.54) is 0 Å². The van der Waals surface area contributed by atoms with E-state index in [9.17, 15) is 9.59 Å². The van der Waals surface area contributed by atoms with Crippen molar-refractivity contribution in [3.8, 4) is 0 Å². The zero-order chi connectivity index (χ0) is 10.0. The van der Waals surface area contributed by atoms with Gasteiger partial charge in [0, 0.05) is 18.3 Å². The lowest BCUT2D eigenvalue weighted by atomic mass is 9.87. The van der Waals surface area contributed by atoms with Crippen LogP contribution in [0.5, 0.6) is 0 Å². The second-order valence-electron chi connectivity index (χ2n) is 4.41. The molecule has 2 nitrogen and oxygen atoms in total. The second kappa shape index (κ2) is 4.03. The molecule has 13 heavy (non-hydrogen) atoms. The zero-order valence-corrected chi connectivity index (χ0v) is 8.67. The third kappa shape index (κ3) is 2.94. The highest BCUT2D eigenvalue weighted by Gasteiger charge is 2.37. The molecule has 0 bridgehead atoms. The Morgan fingerprint density at radius 2 is 1.85 bits per heavy atom. The van der Waals surface area contributed by atoms with Gasteiger partial charge in [0.25, 0.3) is 0 Å². The van der Waals surface area contributed by atoms with Gasteiger partial charge in [-0.15, -0.1) is 0 Å². The van der Waals surface area contributed by atoms with Crippen molar-refractivity contribution in [2.75, 3.05) is 0 Å². The van der Waals surface area contributed by atoms with Crippen LogP contribution >= 0.6 is 0 Å². The maximum Gasteiger partial charge on any atom is 0.139 e. The normalized spacial score (nSPS) is 18.8. The van der Waals surface area contributed by atoms with Crippen molar-refractivity contribution in [3.63, 3.8) is 0 Å². The van der Waals surface area contributed by atoms with Crippen molar-refractivity contribution < 1.29 is 9.59 Å². The summed E-state index contributed by atoms with van der Waals surface area (Å²) in [6, 6.07) is 0. The molecule has 0 heterocycles. The maximum atomic E-state index is 11.7. The van der Waals surface area contributed by atoms with E-state index in [2.05, 4.69) is 0 Å². The number of hydrogen-bond acceptors (Lipinski definition) is 2. The number of ketones is 2. The molecular weight excluding hydrogens is 164 g/mol. The number of Topliss-reactive ketones (excluding diaryl/α,β-unsaturated/α-hetero) is 2. The molecule has 0 N–H and O–H groups in total. The molecule has 1 saturated carbocycles. The van der Waals surface area contributed by atoms with Gasteiger partial charge in [0.2, 0.25) is 0 Å². The summed E-state index contributed by atoms with van der Waals surface area (Å²) in [6.07, 6.45) is 2.73. The van der Waals surface area contributed by atoms with Crippen LogP contribution in [0.2, 0.25) is 0 Å². The number of rotatable bonds is 5. The van der Waals surface area contributed by atoms with Gasteiger partial charge < -0.3 is 4.79 Å². The summed E-state index contributed by atoms with van der Waals surface area (Å²) >= 11 is 0. The Balaban J connectivity index is 2.56. The number of carbonyl (C=O) groups is 2. The van der Waals surface area contributed by atoms with Crippen LogP contribution in [-0.4, -0.2) is 11.6 Å². The van der Waals surface area contributed by atoms with Gasteiger partial charge in [-0.2, -0.15) is 0 Å². The van der Waals surface area contributed by atoms with Crippen molar-refractivity contribution in [3.05, 3.63) is 0 Å². The molecule has 0 spiro atoms. The lowest BCUT2D eigenvalue weighted by Crippen LogP contribution is -2.23. The van der Waals surface area contributed by atoms with Crippen LogP contribution in [0.15, 0.2) is 0 Å². The van der Waals surface area contributed by atoms with Gasteiger partial charge in [-0.3, -0.25) is 4.79 Å². The van der Waals surface area contributed by atoms with Crippen LogP contribution in [0.1, 0.15) is 40.0 Å². The van der Waals surface area contributed by atoms with Gasteiger partial charge in [0.05, 0.1) is 0 Å². The first kappa shape index (κ1) is 10.4. The molecule has 1 atom stereocenters. The van der Waals surface area contributed by atoms with Crippen molar-refractivity contribution in [2.45, 2.75) is 40.0 Å². The lowest BCUT2D eigenvalue weighted by molar-refractivity contribution is -0.130. The molecule has 1 rings (SSSR count). The van der Waals surface area contributed by atoms with Crippen molar-refractivity contribution >= 4 is 11.6 Å². The van der Waals surface area contributed by atoms with Crippen molar-refractivity contribution in [2.24, 2.45) is 17.8 Å². The molecule has 0 aromatic heterocycles. The average Bonchev–Trinajstić information content (AvgIpc) is 2.80. The van der Waals surface area contributed by atoms with E-state index in [-0.39, 0.29) is 23.4 Å². The largest absolute Gasteiger partial charge is 0.300 e. The second-order valence-corrected chi connectivity index (χ2v) is 4.41. The first-order valence-electron chi connectivity index (χ1n) is 5.05. The van der Waals surface area contributed by atoms with E-state index < -0.39 is 0 Å². The van der Waals surface area contributed by atoms with Gasteiger partial charge in [-0.25, -0.2) is 0 Å². The average molecular weight is 182 g/mol. The van der Waals surface area contributed by atoms with Crippen molar-refractivity contribution in [1.29, 1.82) is 0 Å². The molecule has 1 unspecified atom stereocenters. The van der Waals surface area contributed by atoms with Crippen molar-refractivity contribution in [1.82, 2.24) is 0 Å². The van der Waals surface area contributed by atoms with Crippen LogP contribution in [0.3, 0.4) is 0 Å². The Morgan fingerprint density at radius 3 is 2.15 bits per heavy atom. The number of carbonyl (C=O) groups excluding carboxylic acids is 2. The summed E-state index contributed by atoms with van der Waals surface area (Å²) < 4.78 is 0. The third-order valence-electron chi connectivity index (χ3n) is 2.63. The smallest absolute Gasteiger partial charge is 0.139 e. The fourth-order valence-corrected chi connectivity index (χ4v) is 1.74. The molecule has 1 fully saturated rings. The molecule has 1 aliphatic carbocycles. The highest BCUT2D eigenvalue weighted by Crippen LogP contribution is 2.40. The predicted molar refractivity (Wildman–Crippen MR) is 51.4 cm³/mol. The number of hydrogen-bond donors (Lipinski definition) is 0. The van der Waals surface area contributed by atoms with Crippen LogP contribution in [0, 0.1) is 17.8 Å². The van der Waals surface area contributed by atoms with Crippen LogP contribution in [0.25, 0.3) is 0 Å². The first-order valence-corrected chi connectivity index (χ1v) is 5.05. The van der Waals surface area contributed by atoms with Crippen LogP contribution < -0.4 is 0 Å².